The van der Waals surface area contributed by atoms with Crippen LogP contribution in [0, 0.1) is 19.7 Å². The van der Waals surface area contributed by atoms with Crippen LogP contribution in [0.25, 0.3) is 0 Å². The van der Waals surface area contributed by atoms with Crippen LogP contribution in [0.5, 0.6) is 0 Å². The highest BCUT2D eigenvalue weighted by Crippen LogP contribution is 2.18. The summed E-state index contributed by atoms with van der Waals surface area (Å²) in [6, 6.07) is 11.5. The smallest absolute Gasteiger partial charge is 0.240 e. The van der Waals surface area contributed by atoms with Crippen molar-refractivity contribution >= 4 is 21.6 Å². The molecular formula is C21H26FN3O3S. The van der Waals surface area contributed by atoms with E-state index in [1.807, 2.05) is 13.0 Å². The van der Waals surface area contributed by atoms with Gasteiger partial charge in [0.05, 0.1) is 4.90 Å². The van der Waals surface area contributed by atoms with E-state index in [1.165, 1.54) is 12.1 Å². The Labute approximate surface area is 171 Å². The summed E-state index contributed by atoms with van der Waals surface area (Å²) in [6.45, 7) is 6.16. The van der Waals surface area contributed by atoms with Crippen LogP contribution >= 0.6 is 0 Å². The fourth-order valence-electron chi connectivity index (χ4n) is 3.49. The van der Waals surface area contributed by atoms with E-state index < -0.39 is 10.0 Å². The zero-order valence-electron chi connectivity index (χ0n) is 16.7. The molecule has 3 rings (SSSR count). The number of aryl methyl sites for hydroxylation is 2. The van der Waals surface area contributed by atoms with Crippen LogP contribution in [0.3, 0.4) is 0 Å². The van der Waals surface area contributed by atoms with E-state index in [2.05, 4.69) is 9.62 Å². The largest absolute Gasteiger partial charge is 0.368 e. The molecule has 2 aromatic carbocycles. The highest BCUT2D eigenvalue weighted by atomic mass is 32.2. The first-order valence-corrected chi connectivity index (χ1v) is 11.1. The monoisotopic (exact) mass is 419 g/mol. The average molecular weight is 420 g/mol. The van der Waals surface area contributed by atoms with Crippen LogP contribution in [0.2, 0.25) is 0 Å². The van der Waals surface area contributed by atoms with Crippen molar-refractivity contribution in [2.45, 2.75) is 25.2 Å². The van der Waals surface area contributed by atoms with Gasteiger partial charge in [0.2, 0.25) is 15.9 Å². The topological polar surface area (TPSA) is 69.7 Å². The zero-order chi connectivity index (χ0) is 21.0. The van der Waals surface area contributed by atoms with Crippen molar-refractivity contribution < 1.29 is 17.6 Å². The van der Waals surface area contributed by atoms with E-state index in [9.17, 15) is 17.6 Å². The lowest BCUT2D eigenvalue weighted by Gasteiger charge is -2.36. The number of nitrogens with zero attached hydrogens (tertiary/aromatic N) is 2. The molecule has 1 fully saturated rings. The third kappa shape index (κ3) is 5.33. The Bertz CT molecular complexity index is 969. The summed E-state index contributed by atoms with van der Waals surface area (Å²) >= 11 is 0. The molecule has 0 saturated carbocycles. The van der Waals surface area contributed by atoms with Gasteiger partial charge in [-0.05, 0) is 49.7 Å². The lowest BCUT2D eigenvalue weighted by Crippen LogP contribution is -2.49. The zero-order valence-corrected chi connectivity index (χ0v) is 17.5. The lowest BCUT2D eigenvalue weighted by atomic mass is 10.2. The van der Waals surface area contributed by atoms with Crippen molar-refractivity contribution in [1.82, 2.24) is 9.62 Å². The van der Waals surface area contributed by atoms with Gasteiger partial charge in [-0.15, -0.1) is 0 Å². The van der Waals surface area contributed by atoms with Gasteiger partial charge in [0, 0.05) is 44.8 Å². The minimum atomic E-state index is -3.64. The number of carbonyl (C=O) groups is 1. The fourth-order valence-corrected chi connectivity index (χ4v) is 4.75. The third-order valence-corrected chi connectivity index (χ3v) is 6.70. The number of hydrogen-bond acceptors (Lipinski definition) is 4. The molecule has 0 aromatic heterocycles. The number of piperazine rings is 1. The van der Waals surface area contributed by atoms with E-state index in [0.717, 1.165) is 11.3 Å². The summed E-state index contributed by atoms with van der Waals surface area (Å²) in [6.07, 6.45) is 0.112. The predicted molar refractivity (Wildman–Crippen MR) is 111 cm³/mol. The van der Waals surface area contributed by atoms with Crippen LogP contribution in [-0.2, 0) is 14.8 Å². The molecule has 6 nitrogen and oxygen atoms in total. The SMILES string of the molecule is Cc1ccc(S(=O)(=O)NCCC(=O)N2CCN(c3ccc(F)cc3)CC2)c(C)c1. The normalized spacial score (nSPS) is 14.9. The van der Waals surface area contributed by atoms with Crippen molar-refractivity contribution in [3.8, 4) is 0 Å². The number of hydrogen-bond donors (Lipinski definition) is 1. The van der Waals surface area contributed by atoms with Gasteiger partial charge >= 0.3 is 0 Å². The second-order valence-corrected chi connectivity index (χ2v) is 9.00. The van der Waals surface area contributed by atoms with Crippen LogP contribution in [0.4, 0.5) is 10.1 Å². The predicted octanol–water partition coefficient (Wildman–Crippen LogP) is 2.46. The number of carbonyl (C=O) groups excluding carboxylic acids is 1. The minimum absolute atomic E-state index is 0.0622. The molecule has 0 aliphatic carbocycles. The molecule has 1 aliphatic rings. The number of nitrogens with one attached hydrogen (secondary N) is 1. The van der Waals surface area contributed by atoms with Crippen molar-refractivity contribution in [1.29, 1.82) is 0 Å². The number of anilines is 1. The Morgan fingerprint density at radius 1 is 1.03 bits per heavy atom. The van der Waals surface area contributed by atoms with Gasteiger partial charge in [0.25, 0.3) is 0 Å². The molecule has 0 spiro atoms. The molecule has 2 aromatic rings. The van der Waals surface area contributed by atoms with Gasteiger partial charge in [-0.2, -0.15) is 0 Å². The quantitative estimate of drug-likeness (QED) is 0.781. The summed E-state index contributed by atoms with van der Waals surface area (Å²) < 4.78 is 40.5. The Kier molecular flexibility index (Phi) is 6.54. The summed E-state index contributed by atoms with van der Waals surface area (Å²) in [5.41, 5.74) is 2.61. The van der Waals surface area contributed by atoms with Gasteiger partial charge < -0.3 is 9.80 Å². The minimum Gasteiger partial charge on any atom is -0.368 e. The molecule has 1 saturated heterocycles. The fraction of sp³-hybridized carbons (Fsp3) is 0.381. The maximum absolute atomic E-state index is 13.1. The lowest BCUT2D eigenvalue weighted by molar-refractivity contribution is -0.131. The second kappa shape index (κ2) is 8.92. The molecule has 1 heterocycles. The van der Waals surface area contributed by atoms with Crippen molar-refractivity contribution in [2.24, 2.45) is 0 Å². The van der Waals surface area contributed by atoms with E-state index in [1.54, 1.807) is 36.1 Å². The first kappa shape index (κ1) is 21.3. The van der Waals surface area contributed by atoms with Crippen molar-refractivity contribution in [3.05, 3.63) is 59.4 Å². The molecule has 1 N–H and O–H groups in total. The molecule has 1 aliphatic heterocycles. The Morgan fingerprint density at radius 3 is 2.31 bits per heavy atom. The van der Waals surface area contributed by atoms with Gasteiger partial charge in [0.1, 0.15) is 5.82 Å². The molecule has 0 radical (unpaired) electrons. The molecule has 0 unspecified atom stereocenters. The molecule has 8 heteroatoms. The van der Waals surface area contributed by atoms with Crippen molar-refractivity contribution in [2.75, 3.05) is 37.6 Å². The standard InChI is InChI=1S/C21H26FN3O3S/c1-16-3-8-20(17(2)15-16)29(27,28)23-10-9-21(26)25-13-11-24(12-14-25)19-6-4-18(22)5-7-19/h3-8,15,23H,9-14H2,1-2H3. The molecule has 156 valence electrons. The van der Waals surface area contributed by atoms with Gasteiger partial charge in [-0.25, -0.2) is 17.5 Å². The van der Waals surface area contributed by atoms with E-state index in [-0.39, 0.29) is 29.6 Å². The van der Waals surface area contributed by atoms with Gasteiger partial charge in [-0.3, -0.25) is 4.79 Å². The van der Waals surface area contributed by atoms with Gasteiger partial charge in [-0.1, -0.05) is 17.7 Å². The summed E-state index contributed by atoms with van der Waals surface area (Å²) in [5.74, 6) is -0.349. The number of sulfonamides is 1. The highest BCUT2D eigenvalue weighted by molar-refractivity contribution is 7.89. The second-order valence-electron chi connectivity index (χ2n) is 7.26. The van der Waals surface area contributed by atoms with Crippen LogP contribution in [0.1, 0.15) is 17.5 Å². The highest BCUT2D eigenvalue weighted by Gasteiger charge is 2.22. The molecule has 29 heavy (non-hydrogen) atoms. The first-order chi connectivity index (χ1) is 13.8. The maximum Gasteiger partial charge on any atom is 0.240 e. The summed E-state index contributed by atoms with van der Waals surface area (Å²) in [4.78, 5) is 16.5. The van der Waals surface area contributed by atoms with Crippen LogP contribution in [-0.4, -0.2) is 51.9 Å². The van der Waals surface area contributed by atoms with Gasteiger partial charge in [0.15, 0.2) is 0 Å². The summed E-state index contributed by atoms with van der Waals surface area (Å²) in [7, 11) is -3.64. The van der Waals surface area contributed by atoms with E-state index in [4.69, 9.17) is 0 Å². The molecular weight excluding hydrogens is 393 g/mol. The number of halogens is 1. The Morgan fingerprint density at radius 2 is 1.69 bits per heavy atom. The summed E-state index contributed by atoms with van der Waals surface area (Å²) in [5, 5.41) is 0. The Balaban J connectivity index is 1.48. The Hall–Kier alpha value is -2.45. The number of amides is 1. The molecule has 1 amide bonds. The van der Waals surface area contributed by atoms with E-state index in [0.29, 0.717) is 31.7 Å². The van der Waals surface area contributed by atoms with E-state index >= 15 is 0 Å². The first-order valence-electron chi connectivity index (χ1n) is 9.61. The number of benzene rings is 2. The maximum atomic E-state index is 13.1. The molecule has 0 bridgehead atoms. The molecule has 0 atom stereocenters. The van der Waals surface area contributed by atoms with Crippen LogP contribution in [0.15, 0.2) is 47.4 Å². The third-order valence-electron chi connectivity index (χ3n) is 5.08. The van der Waals surface area contributed by atoms with Crippen LogP contribution < -0.4 is 9.62 Å². The number of rotatable bonds is 6. The van der Waals surface area contributed by atoms with Crippen molar-refractivity contribution in [3.63, 3.8) is 0 Å². The average Bonchev–Trinajstić information content (AvgIpc) is 2.68.